The number of thiol groups is 1. The minimum Gasteiger partial charge on any atom is -0.292 e. The average molecular weight is 117 g/mol. The molecule has 0 fully saturated rings. The molecule has 5 heavy (non-hydrogen) atoms. The molecule has 0 aromatic heterocycles. The van der Waals surface area contributed by atoms with Gasteiger partial charge in [0.05, 0.1) is 0 Å². The van der Waals surface area contributed by atoms with E-state index in [1.54, 1.807) is 0 Å². The van der Waals surface area contributed by atoms with Crippen LogP contribution in [0, 0.1) is 0 Å². The van der Waals surface area contributed by atoms with Gasteiger partial charge in [-0.05, 0) is 0 Å². The molecule has 2 nitrogen and oxygen atoms in total. The van der Waals surface area contributed by atoms with Crippen LogP contribution < -0.4 is 0 Å². The highest BCUT2D eigenvalue weighted by molar-refractivity contribution is 8.18. The first-order valence-corrected chi connectivity index (χ1v) is 4.01. The van der Waals surface area contributed by atoms with Crippen molar-refractivity contribution in [2.24, 2.45) is 0 Å². The van der Waals surface area contributed by atoms with Crippen LogP contribution in [0.3, 0.4) is 0 Å². The molecule has 0 saturated carbocycles. The van der Waals surface area contributed by atoms with Gasteiger partial charge in [0.2, 0.25) is 0 Å². The van der Waals surface area contributed by atoms with Gasteiger partial charge in [0.1, 0.15) is 0 Å². The van der Waals surface area contributed by atoms with Crippen LogP contribution in [0.15, 0.2) is 0 Å². The van der Waals surface area contributed by atoms with Gasteiger partial charge in [-0.2, -0.15) is 4.21 Å². The minimum absolute atomic E-state index is 1.06. The predicted molar refractivity (Wildman–Crippen MR) is 23.9 cm³/mol. The van der Waals surface area contributed by atoms with Gasteiger partial charge < -0.3 is 0 Å². The van der Waals surface area contributed by atoms with E-state index in [1.165, 1.54) is 0 Å². The second-order valence-electron chi connectivity index (χ2n) is 0.778. The van der Waals surface area contributed by atoms with Crippen LogP contribution in [0.5, 0.6) is 0 Å². The van der Waals surface area contributed by atoms with Crippen molar-refractivity contribution in [3.63, 3.8) is 0 Å². The van der Waals surface area contributed by atoms with Gasteiger partial charge in [-0.15, -0.1) is 9.43 Å². The lowest BCUT2D eigenvalue weighted by molar-refractivity contribution is 0.564. The van der Waals surface area contributed by atoms with Crippen LogP contribution in [0.25, 0.3) is 0 Å². The normalized spacial score (nSPS) is 15.0. The maximum Gasteiger partial charge on any atom is 0.0348 e. The van der Waals surface area contributed by atoms with E-state index in [4.69, 9.17) is 4.55 Å². The Hall–Kier alpha value is 0.400. The van der Waals surface area contributed by atoms with Crippen LogP contribution in [0.4, 0.5) is 0 Å². The van der Waals surface area contributed by atoms with Gasteiger partial charge in [0.25, 0.3) is 0 Å². The van der Waals surface area contributed by atoms with E-state index in [0.717, 1.165) is 6.26 Å². The number of hydrogen-bond donors (Lipinski definition) is 2. The monoisotopic (exact) mass is 116 g/mol. The zero-order valence-electron chi connectivity index (χ0n) is 2.68. The summed E-state index contributed by atoms with van der Waals surface area (Å²) in [5.41, 5.74) is 0. The lowest BCUT2D eigenvalue weighted by atomic mass is 12.0. The number of rotatable bonds is 0. The van der Waals surface area contributed by atoms with Crippen LogP contribution >= 0.6 is 10.7 Å². The second kappa shape index (κ2) is 1.24. The molecule has 4 heteroatoms. The molecule has 0 saturated heterocycles. The van der Waals surface area contributed by atoms with Gasteiger partial charge in [-0.25, -0.2) is 0 Å². The average Bonchev–Trinajstić information content (AvgIpc) is 0.722. The zero-order chi connectivity index (χ0) is 4.50. The fourth-order valence-electron chi connectivity index (χ4n) is 0. The molecule has 0 bridgehead atoms. The maximum absolute atomic E-state index is 9.54. The van der Waals surface area contributed by atoms with E-state index >= 15 is 0 Å². The molecular formula is CH5ClO2S. The Labute approximate surface area is 35.9 Å². The Morgan fingerprint density at radius 2 is 2.00 bits per heavy atom. The summed E-state index contributed by atoms with van der Waals surface area (Å²) < 4.78 is 17.4. The zero-order valence-corrected chi connectivity index (χ0v) is 4.33. The summed E-state index contributed by atoms with van der Waals surface area (Å²) in [4.78, 5) is 0. The lowest BCUT2D eigenvalue weighted by Gasteiger charge is -1.99. The molecule has 0 aliphatic carbocycles. The van der Waals surface area contributed by atoms with E-state index in [1.807, 2.05) is 0 Å². The topological polar surface area (TPSA) is 37.3 Å². The Balaban J connectivity index is 3.47. The molecule has 0 radical (unpaired) electrons. The molecule has 34 valence electrons. The quantitative estimate of drug-likeness (QED) is 0.352. The van der Waals surface area contributed by atoms with Crippen LogP contribution in [-0.2, 0) is 9.43 Å². The summed E-state index contributed by atoms with van der Waals surface area (Å²) in [6.07, 6.45) is 1.06. The molecule has 0 amide bonds. The molecule has 0 aromatic carbocycles. The summed E-state index contributed by atoms with van der Waals surface area (Å²) in [6.45, 7) is 0. The molecule has 0 spiro atoms. The first-order valence-electron chi connectivity index (χ1n) is 0.999. The Morgan fingerprint density at radius 3 is 2.00 bits per heavy atom. The minimum atomic E-state index is -3.17. The summed E-state index contributed by atoms with van der Waals surface area (Å²) in [6, 6.07) is 0. The third-order valence-corrected chi connectivity index (χ3v) is 0. The molecule has 0 atom stereocenters. The summed E-state index contributed by atoms with van der Waals surface area (Å²) in [7, 11) is 1.47. The standard InChI is InChI=1S/CH5ClO2S/c1-5(2,3)4/h5H,1H3,(H,3,4). The van der Waals surface area contributed by atoms with Crippen molar-refractivity contribution < 1.29 is 8.76 Å². The van der Waals surface area contributed by atoms with Crippen molar-refractivity contribution in [1.82, 2.24) is 0 Å². The van der Waals surface area contributed by atoms with Gasteiger partial charge >= 0.3 is 0 Å². The highest BCUT2D eigenvalue weighted by Gasteiger charge is 1.76. The highest BCUT2D eigenvalue weighted by Crippen LogP contribution is 1.94. The van der Waals surface area contributed by atoms with Gasteiger partial charge in [-0.3, -0.25) is 4.55 Å². The number of halogens is 1. The van der Waals surface area contributed by atoms with Gasteiger partial charge in [-0.1, -0.05) is 0 Å². The number of hydrogen-bond acceptors (Lipinski definition) is 1. The lowest BCUT2D eigenvalue weighted by Crippen LogP contribution is -1.91. The van der Waals surface area contributed by atoms with E-state index in [2.05, 4.69) is 10.7 Å². The molecule has 0 aliphatic rings. The molecular weight excluding hydrogens is 112 g/mol. The Bertz CT molecular complexity index is 55.8. The van der Waals surface area contributed by atoms with Crippen molar-refractivity contribution in [1.29, 1.82) is 0 Å². The summed E-state index contributed by atoms with van der Waals surface area (Å²) in [5, 5.41) is 0. The molecule has 1 N–H and O–H groups in total. The van der Waals surface area contributed by atoms with Crippen molar-refractivity contribution in [3.05, 3.63) is 0 Å². The SMILES string of the molecule is C[SH](=O)(O)Cl. The third-order valence-electron chi connectivity index (χ3n) is 0. The molecule has 0 aliphatic heterocycles. The summed E-state index contributed by atoms with van der Waals surface area (Å²) in [5.74, 6) is 0. The van der Waals surface area contributed by atoms with Crippen molar-refractivity contribution >= 4 is 20.1 Å². The molecule has 0 rings (SSSR count). The first-order chi connectivity index (χ1) is 2.00. The fourth-order valence-corrected chi connectivity index (χ4v) is 0. The van der Waals surface area contributed by atoms with Crippen molar-refractivity contribution in [2.45, 2.75) is 0 Å². The third kappa shape index (κ3) is 158. The maximum atomic E-state index is 9.54. The summed E-state index contributed by atoms with van der Waals surface area (Å²) >= 11 is 0. The van der Waals surface area contributed by atoms with Gasteiger partial charge in [0, 0.05) is 16.9 Å². The Kier molecular flexibility index (Phi) is 1.34. The molecule has 0 heterocycles. The second-order valence-corrected chi connectivity index (χ2v) is 4.22. The first kappa shape index (κ1) is 5.40. The van der Waals surface area contributed by atoms with Crippen molar-refractivity contribution in [3.8, 4) is 0 Å². The predicted octanol–water partition coefficient (Wildman–Crippen LogP) is 0.260. The highest BCUT2D eigenvalue weighted by atomic mass is 35.7. The largest absolute Gasteiger partial charge is 0.292 e. The van der Waals surface area contributed by atoms with Crippen LogP contribution in [-0.4, -0.2) is 15.0 Å². The molecule has 0 unspecified atom stereocenters. The smallest absolute Gasteiger partial charge is 0.0348 e. The van der Waals surface area contributed by atoms with E-state index < -0.39 is 9.43 Å². The van der Waals surface area contributed by atoms with Crippen LogP contribution in [0.1, 0.15) is 0 Å². The van der Waals surface area contributed by atoms with E-state index in [0.29, 0.717) is 0 Å². The van der Waals surface area contributed by atoms with Crippen molar-refractivity contribution in [2.75, 3.05) is 6.26 Å². The molecule has 0 aromatic rings. The fraction of sp³-hybridized carbons (Fsp3) is 1.00. The van der Waals surface area contributed by atoms with E-state index in [9.17, 15) is 4.21 Å². The Morgan fingerprint density at radius 1 is 2.00 bits per heavy atom. The van der Waals surface area contributed by atoms with Gasteiger partial charge in [0.15, 0.2) is 0 Å². The van der Waals surface area contributed by atoms with E-state index in [-0.39, 0.29) is 0 Å². The van der Waals surface area contributed by atoms with Crippen LogP contribution in [0.2, 0.25) is 0 Å².